The monoisotopic (exact) mass is 252 g/mol. The zero-order chi connectivity index (χ0) is 13.1. The Labute approximate surface area is 106 Å². The maximum Gasteiger partial charge on any atom is 0.258 e. The number of ether oxygens (including phenoxy) is 1. The molecule has 0 spiro atoms. The van der Waals surface area contributed by atoms with Gasteiger partial charge in [-0.15, -0.1) is 0 Å². The minimum Gasteiger partial charge on any atom is -0.379 e. The summed E-state index contributed by atoms with van der Waals surface area (Å²) in [5, 5.41) is 0. The van der Waals surface area contributed by atoms with Crippen LogP contribution in [0.25, 0.3) is 0 Å². The Kier molecular flexibility index (Phi) is 3.91. The standard InChI is InChI=1S/C13H17FN2O2/c1-9-5-7-16(8-11(9)18-2)13(17)10-4-3-6-15-12(10)14/h3-4,6,9,11H,5,7-8H2,1-2H3. The van der Waals surface area contributed by atoms with Crippen LogP contribution in [0.5, 0.6) is 0 Å². The van der Waals surface area contributed by atoms with Crippen molar-refractivity contribution in [1.29, 1.82) is 0 Å². The van der Waals surface area contributed by atoms with Crippen molar-refractivity contribution in [3.63, 3.8) is 0 Å². The summed E-state index contributed by atoms with van der Waals surface area (Å²) in [7, 11) is 1.64. The first-order valence-corrected chi connectivity index (χ1v) is 6.06. The second kappa shape index (κ2) is 5.44. The van der Waals surface area contributed by atoms with Crippen LogP contribution in [0, 0.1) is 11.9 Å². The molecule has 0 aromatic carbocycles. The zero-order valence-electron chi connectivity index (χ0n) is 10.6. The average Bonchev–Trinajstić information content (AvgIpc) is 2.39. The topological polar surface area (TPSA) is 42.4 Å². The largest absolute Gasteiger partial charge is 0.379 e. The molecule has 0 aliphatic carbocycles. The number of halogens is 1. The van der Waals surface area contributed by atoms with Crippen LogP contribution in [0.3, 0.4) is 0 Å². The van der Waals surface area contributed by atoms with E-state index in [0.717, 1.165) is 6.42 Å². The smallest absolute Gasteiger partial charge is 0.258 e. The van der Waals surface area contributed by atoms with E-state index in [2.05, 4.69) is 11.9 Å². The van der Waals surface area contributed by atoms with Gasteiger partial charge in [0.15, 0.2) is 0 Å². The Morgan fingerprint density at radius 3 is 3.06 bits per heavy atom. The van der Waals surface area contributed by atoms with Gasteiger partial charge in [0, 0.05) is 26.4 Å². The third-order valence-corrected chi connectivity index (χ3v) is 3.47. The van der Waals surface area contributed by atoms with E-state index in [4.69, 9.17) is 4.74 Å². The number of aromatic nitrogens is 1. The molecule has 1 amide bonds. The summed E-state index contributed by atoms with van der Waals surface area (Å²) >= 11 is 0. The molecular weight excluding hydrogens is 235 g/mol. The molecule has 4 nitrogen and oxygen atoms in total. The third kappa shape index (κ3) is 2.51. The molecule has 0 radical (unpaired) electrons. The first kappa shape index (κ1) is 13.0. The highest BCUT2D eigenvalue weighted by Crippen LogP contribution is 2.21. The van der Waals surface area contributed by atoms with Gasteiger partial charge in [0.1, 0.15) is 0 Å². The predicted molar refractivity (Wildman–Crippen MR) is 64.7 cm³/mol. The highest BCUT2D eigenvalue weighted by atomic mass is 19.1. The van der Waals surface area contributed by atoms with Crippen molar-refractivity contribution in [3.05, 3.63) is 29.8 Å². The van der Waals surface area contributed by atoms with E-state index in [-0.39, 0.29) is 17.6 Å². The molecule has 0 N–H and O–H groups in total. The molecule has 18 heavy (non-hydrogen) atoms. The number of pyridine rings is 1. The second-order valence-corrected chi connectivity index (χ2v) is 4.63. The second-order valence-electron chi connectivity index (χ2n) is 4.63. The number of likely N-dealkylation sites (tertiary alicyclic amines) is 1. The summed E-state index contributed by atoms with van der Waals surface area (Å²) in [6.45, 7) is 3.24. The Bertz CT molecular complexity index is 439. The fraction of sp³-hybridized carbons (Fsp3) is 0.538. The fourth-order valence-corrected chi connectivity index (χ4v) is 2.24. The summed E-state index contributed by atoms with van der Waals surface area (Å²) in [5.41, 5.74) is 0.0295. The third-order valence-electron chi connectivity index (χ3n) is 3.47. The molecule has 1 aromatic heterocycles. The van der Waals surface area contributed by atoms with E-state index >= 15 is 0 Å². The van der Waals surface area contributed by atoms with Crippen molar-refractivity contribution in [2.45, 2.75) is 19.4 Å². The number of amides is 1. The first-order valence-electron chi connectivity index (χ1n) is 6.06. The molecule has 1 saturated heterocycles. The van der Waals surface area contributed by atoms with Crippen molar-refractivity contribution < 1.29 is 13.9 Å². The van der Waals surface area contributed by atoms with Crippen LogP contribution in [-0.2, 0) is 4.74 Å². The average molecular weight is 252 g/mol. The summed E-state index contributed by atoms with van der Waals surface area (Å²) in [5.74, 6) is -0.609. The molecule has 98 valence electrons. The minimum atomic E-state index is -0.713. The number of rotatable bonds is 2. The zero-order valence-corrected chi connectivity index (χ0v) is 10.6. The molecule has 2 heterocycles. The van der Waals surface area contributed by atoms with Crippen molar-refractivity contribution in [3.8, 4) is 0 Å². The first-order chi connectivity index (χ1) is 8.63. The van der Waals surface area contributed by atoms with Crippen molar-refractivity contribution in [1.82, 2.24) is 9.88 Å². The molecule has 1 aliphatic rings. The van der Waals surface area contributed by atoms with Gasteiger partial charge in [-0.2, -0.15) is 4.39 Å². The predicted octanol–water partition coefficient (Wildman–Crippen LogP) is 1.72. The minimum absolute atomic E-state index is 0.0161. The number of hydrogen-bond acceptors (Lipinski definition) is 3. The number of methoxy groups -OCH3 is 1. The number of carbonyl (C=O) groups excluding carboxylic acids is 1. The molecule has 1 fully saturated rings. The Hall–Kier alpha value is -1.49. The summed E-state index contributed by atoms with van der Waals surface area (Å²) < 4.78 is 18.8. The number of carbonyl (C=O) groups is 1. The van der Waals surface area contributed by atoms with E-state index in [9.17, 15) is 9.18 Å². The highest BCUT2D eigenvalue weighted by molar-refractivity contribution is 5.94. The molecule has 5 heteroatoms. The van der Waals surface area contributed by atoms with Crippen LogP contribution in [-0.4, -0.2) is 42.1 Å². The number of piperidine rings is 1. The van der Waals surface area contributed by atoms with Gasteiger partial charge in [-0.05, 0) is 24.5 Å². The highest BCUT2D eigenvalue weighted by Gasteiger charge is 2.30. The lowest BCUT2D eigenvalue weighted by Gasteiger charge is -2.36. The lowest BCUT2D eigenvalue weighted by atomic mass is 9.95. The Balaban J connectivity index is 2.13. The van der Waals surface area contributed by atoms with Crippen molar-refractivity contribution in [2.24, 2.45) is 5.92 Å². The van der Waals surface area contributed by atoms with Crippen molar-refractivity contribution in [2.75, 3.05) is 20.2 Å². The van der Waals surface area contributed by atoms with Gasteiger partial charge in [-0.1, -0.05) is 6.92 Å². The maximum atomic E-state index is 13.5. The van der Waals surface area contributed by atoms with Gasteiger partial charge in [0.25, 0.3) is 5.91 Å². The van der Waals surface area contributed by atoms with Gasteiger partial charge in [-0.3, -0.25) is 4.79 Å². The quantitative estimate of drug-likeness (QED) is 0.753. The summed E-state index contributed by atoms with van der Waals surface area (Å²) in [6, 6.07) is 3.03. The summed E-state index contributed by atoms with van der Waals surface area (Å²) in [4.78, 5) is 17.3. The van der Waals surface area contributed by atoms with Gasteiger partial charge < -0.3 is 9.64 Å². The lowest BCUT2D eigenvalue weighted by Crippen LogP contribution is -2.46. The van der Waals surface area contributed by atoms with Crippen LogP contribution < -0.4 is 0 Å². The molecule has 1 aliphatic heterocycles. The lowest BCUT2D eigenvalue weighted by molar-refractivity contribution is -0.00175. The number of hydrogen-bond donors (Lipinski definition) is 0. The van der Waals surface area contributed by atoms with E-state index in [0.29, 0.717) is 19.0 Å². The molecule has 0 saturated carbocycles. The molecular formula is C13H17FN2O2. The van der Waals surface area contributed by atoms with Crippen LogP contribution in [0.15, 0.2) is 18.3 Å². The summed E-state index contributed by atoms with van der Waals surface area (Å²) in [6.07, 6.45) is 2.22. The molecule has 0 bridgehead atoms. The van der Waals surface area contributed by atoms with Gasteiger partial charge in [0.05, 0.1) is 11.7 Å². The van der Waals surface area contributed by atoms with Gasteiger partial charge in [0.2, 0.25) is 5.95 Å². The van der Waals surface area contributed by atoms with Crippen LogP contribution in [0.2, 0.25) is 0 Å². The molecule has 2 unspecified atom stereocenters. The van der Waals surface area contributed by atoms with Crippen LogP contribution in [0.1, 0.15) is 23.7 Å². The van der Waals surface area contributed by atoms with Crippen LogP contribution in [0.4, 0.5) is 4.39 Å². The Morgan fingerprint density at radius 2 is 2.39 bits per heavy atom. The molecule has 2 atom stereocenters. The van der Waals surface area contributed by atoms with E-state index in [1.165, 1.54) is 12.3 Å². The van der Waals surface area contributed by atoms with Crippen LogP contribution >= 0.6 is 0 Å². The van der Waals surface area contributed by atoms with E-state index in [1.54, 1.807) is 18.1 Å². The maximum absolute atomic E-state index is 13.5. The van der Waals surface area contributed by atoms with Gasteiger partial charge >= 0.3 is 0 Å². The van der Waals surface area contributed by atoms with E-state index < -0.39 is 5.95 Å². The Morgan fingerprint density at radius 1 is 1.61 bits per heavy atom. The SMILES string of the molecule is COC1CN(C(=O)c2cccnc2F)CCC1C. The van der Waals surface area contributed by atoms with E-state index in [1.807, 2.05) is 0 Å². The fourth-order valence-electron chi connectivity index (χ4n) is 2.24. The molecule has 2 rings (SSSR count). The van der Waals surface area contributed by atoms with Crippen molar-refractivity contribution >= 4 is 5.91 Å². The van der Waals surface area contributed by atoms with Gasteiger partial charge in [-0.25, -0.2) is 4.98 Å². The normalized spacial score (nSPS) is 24.1. The number of nitrogens with zero attached hydrogens (tertiary/aromatic N) is 2. The molecule has 1 aromatic rings.